The minimum absolute atomic E-state index is 0.217. The van der Waals surface area contributed by atoms with Crippen LogP contribution in [0.25, 0.3) is 0 Å². The van der Waals surface area contributed by atoms with E-state index in [4.69, 9.17) is 25.8 Å². The number of benzene rings is 3. The van der Waals surface area contributed by atoms with Crippen molar-refractivity contribution in [1.82, 2.24) is 5.32 Å². The summed E-state index contributed by atoms with van der Waals surface area (Å²) in [4.78, 5) is 28.9. The molecule has 45 heavy (non-hydrogen) atoms. The molecule has 9 heteroatoms. The number of carbonyl (C=O) groups is 2. The van der Waals surface area contributed by atoms with E-state index in [1.807, 2.05) is 20.2 Å². The zero-order chi connectivity index (χ0) is 32.2. The molecule has 240 valence electrons. The van der Waals surface area contributed by atoms with Crippen LogP contribution in [0.2, 0.25) is 11.5 Å². The van der Waals surface area contributed by atoms with E-state index in [0.717, 1.165) is 54.7 Å². The zero-order valence-electron chi connectivity index (χ0n) is 27.1. The van der Waals surface area contributed by atoms with Crippen LogP contribution in [0.1, 0.15) is 68.7 Å². The first-order valence-corrected chi connectivity index (χ1v) is 22.8. The molecule has 3 aromatic rings. The van der Waals surface area contributed by atoms with Crippen molar-refractivity contribution in [3.05, 3.63) is 88.0 Å². The molecule has 0 bridgehead atoms. The van der Waals surface area contributed by atoms with Crippen LogP contribution < -0.4 is 19.0 Å². The van der Waals surface area contributed by atoms with Crippen LogP contribution in [0.15, 0.2) is 54.6 Å². The fourth-order valence-electron chi connectivity index (χ4n) is 6.52. The first-order chi connectivity index (χ1) is 21.6. The molecule has 0 saturated carbocycles. The zero-order valence-corrected chi connectivity index (χ0v) is 30.0. The summed E-state index contributed by atoms with van der Waals surface area (Å²) < 4.78 is 20.3. The summed E-state index contributed by atoms with van der Waals surface area (Å²) in [5, 5.41) is 2.96. The number of amides is 1. The van der Waals surface area contributed by atoms with Gasteiger partial charge in [0.1, 0.15) is 0 Å². The van der Waals surface area contributed by atoms with Crippen LogP contribution in [0.5, 0.6) is 0 Å². The molecular formula is C36H45ClGeN2O5. The average molecular weight is 694 g/mol. The number of ether oxygens (including phenoxy) is 3. The predicted molar refractivity (Wildman–Crippen MR) is 184 cm³/mol. The second-order valence-corrected chi connectivity index (χ2v) is 22.2. The predicted octanol–water partition coefficient (Wildman–Crippen LogP) is 5.22. The Bertz CT molecular complexity index is 1560. The molecule has 1 N–H and O–H groups in total. The molecule has 5 rings (SSSR count). The molecule has 3 aromatic carbocycles. The van der Waals surface area contributed by atoms with Crippen LogP contribution in [0.3, 0.4) is 0 Å². The number of carbonyl (C=O) groups excluding carboxylic acids is 2. The van der Waals surface area contributed by atoms with Crippen molar-refractivity contribution in [2.24, 2.45) is 0 Å². The van der Waals surface area contributed by atoms with E-state index >= 15 is 0 Å². The SMILES string of the molecule is Cc1ccc2[c](c1)[Ge]([CH3])([CH3])[c]1cc(N(C)C)ccc1C21OC(=O)c2ccc(C(=O)NCCOCCOCCCCCCCl)cc21. The molecule has 0 radical (unpaired) electrons. The number of nitrogens with zero attached hydrogens (tertiary/aromatic N) is 1. The van der Waals surface area contributed by atoms with Crippen molar-refractivity contribution in [3.8, 4) is 0 Å². The summed E-state index contributed by atoms with van der Waals surface area (Å²) in [6.07, 6.45) is 4.34. The van der Waals surface area contributed by atoms with Crippen LogP contribution in [-0.2, 0) is 19.8 Å². The summed E-state index contributed by atoms with van der Waals surface area (Å²) in [5.41, 5.74) is 4.90. The standard InChI is InChI=1S/C36H45ClGeN2O5/c1-25-10-14-29-32(22-25)38(2,3)33-24-27(40(4)5)12-15-30(33)36(29)31-23-26(11-13-28(31)35(42)45-36)34(41)39-17-19-44-21-20-43-18-9-7-6-8-16-37/h10-15,22-24H,6-9,16-21H2,1-5H3,(H,39,41). The number of unbranched alkanes of at least 4 members (excludes halogenated alkanes) is 3. The summed E-state index contributed by atoms with van der Waals surface area (Å²) in [6.45, 7) is 4.60. The number of anilines is 1. The monoisotopic (exact) mass is 694 g/mol. The second kappa shape index (κ2) is 14.3. The Labute approximate surface area is 274 Å². The van der Waals surface area contributed by atoms with Gasteiger partial charge in [0.2, 0.25) is 0 Å². The number of alkyl halides is 1. The molecule has 2 aliphatic heterocycles. The number of fused-ring (bicyclic) bond motifs is 6. The molecule has 1 unspecified atom stereocenters. The molecule has 0 aliphatic carbocycles. The molecule has 0 saturated heterocycles. The van der Waals surface area contributed by atoms with E-state index in [1.165, 1.54) is 14.4 Å². The fraction of sp³-hybridized carbons (Fsp3) is 0.444. The number of esters is 1. The van der Waals surface area contributed by atoms with Gasteiger partial charge in [0.05, 0.1) is 6.61 Å². The number of rotatable bonds is 14. The Morgan fingerprint density at radius 2 is 1.56 bits per heavy atom. The van der Waals surface area contributed by atoms with Gasteiger partial charge in [-0.1, -0.05) is 12.8 Å². The summed E-state index contributed by atoms with van der Waals surface area (Å²) in [6, 6.07) is 18.3. The molecular weight excluding hydrogens is 648 g/mol. The topological polar surface area (TPSA) is 77.1 Å². The Hall–Kier alpha value is -2.85. The van der Waals surface area contributed by atoms with Crippen molar-refractivity contribution in [3.63, 3.8) is 0 Å². The minimum atomic E-state index is -2.83. The van der Waals surface area contributed by atoms with Crippen molar-refractivity contribution < 1.29 is 23.8 Å². The molecule has 2 aliphatic rings. The summed E-state index contributed by atoms with van der Waals surface area (Å²) in [7, 11) is 4.08. The van der Waals surface area contributed by atoms with Gasteiger partial charge < -0.3 is 4.74 Å². The van der Waals surface area contributed by atoms with Gasteiger partial charge in [0.15, 0.2) is 0 Å². The third-order valence-corrected chi connectivity index (χ3v) is 16.7. The van der Waals surface area contributed by atoms with E-state index in [0.29, 0.717) is 43.4 Å². The second-order valence-electron chi connectivity index (χ2n) is 12.7. The van der Waals surface area contributed by atoms with Gasteiger partial charge in [-0.25, -0.2) is 0 Å². The first-order valence-electron chi connectivity index (χ1n) is 15.9. The number of aryl methyl sites for hydroxylation is 1. The summed E-state index contributed by atoms with van der Waals surface area (Å²) >= 11 is 2.88. The maximum atomic E-state index is 13.5. The molecule has 1 atom stereocenters. The Kier molecular flexibility index (Phi) is 10.6. The number of nitrogens with one attached hydrogen (secondary N) is 1. The summed E-state index contributed by atoms with van der Waals surface area (Å²) in [5.74, 6) is 4.94. The van der Waals surface area contributed by atoms with Gasteiger partial charge in [-0.2, -0.15) is 0 Å². The van der Waals surface area contributed by atoms with Crippen molar-refractivity contribution in [2.45, 2.75) is 49.7 Å². The third kappa shape index (κ3) is 6.68. The van der Waals surface area contributed by atoms with E-state index < -0.39 is 18.9 Å². The van der Waals surface area contributed by atoms with E-state index in [9.17, 15) is 9.59 Å². The number of hydrogen-bond donors (Lipinski definition) is 1. The molecule has 1 spiro atoms. The Balaban J connectivity index is 1.34. The van der Waals surface area contributed by atoms with Gasteiger partial charge in [0, 0.05) is 12.5 Å². The molecule has 1 amide bonds. The van der Waals surface area contributed by atoms with Crippen molar-refractivity contribution in [1.29, 1.82) is 0 Å². The molecule has 0 aromatic heterocycles. The van der Waals surface area contributed by atoms with Gasteiger partial charge in [-0.15, -0.1) is 11.6 Å². The van der Waals surface area contributed by atoms with Crippen molar-refractivity contribution in [2.75, 3.05) is 57.8 Å². The van der Waals surface area contributed by atoms with Gasteiger partial charge in [0.25, 0.3) is 0 Å². The first kappa shape index (κ1) is 33.5. The van der Waals surface area contributed by atoms with Crippen LogP contribution >= 0.6 is 11.6 Å². The van der Waals surface area contributed by atoms with Gasteiger partial charge in [-0.05, 0) is 12.8 Å². The van der Waals surface area contributed by atoms with Gasteiger partial charge in [-0.3, -0.25) is 0 Å². The Morgan fingerprint density at radius 1 is 0.867 bits per heavy atom. The van der Waals surface area contributed by atoms with Crippen LogP contribution in [-0.4, -0.2) is 78.1 Å². The quantitative estimate of drug-likeness (QED) is 0.108. The van der Waals surface area contributed by atoms with Crippen molar-refractivity contribution >= 4 is 51.2 Å². The van der Waals surface area contributed by atoms with Crippen LogP contribution in [0.4, 0.5) is 5.69 Å². The van der Waals surface area contributed by atoms with E-state index in [2.05, 4.69) is 65.1 Å². The molecule has 2 heterocycles. The average Bonchev–Trinajstić information content (AvgIpc) is 3.32. The van der Waals surface area contributed by atoms with E-state index in [-0.39, 0.29) is 11.9 Å². The van der Waals surface area contributed by atoms with Crippen LogP contribution in [0, 0.1) is 6.92 Å². The molecule has 0 fully saturated rings. The molecule has 7 nitrogen and oxygen atoms in total. The third-order valence-electron chi connectivity index (χ3n) is 9.00. The fourth-order valence-corrected chi connectivity index (χ4v) is 13.5. The number of halogens is 1. The normalized spacial score (nSPS) is 17.4. The number of hydrogen-bond acceptors (Lipinski definition) is 6. The maximum absolute atomic E-state index is 13.5. The van der Waals surface area contributed by atoms with E-state index in [1.54, 1.807) is 12.1 Å². The Morgan fingerprint density at radius 3 is 2.29 bits per heavy atom. The van der Waals surface area contributed by atoms with Gasteiger partial charge >= 0.3 is 215 Å².